The predicted octanol–water partition coefficient (Wildman–Crippen LogP) is -1.11. The maximum Gasteiger partial charge on any atom is 0.302 e. The van der Waals surface area contributed by atoms with E-state index in [4.69, 9.17) is 19.3 Å². The van der Waals surface area contributed by atoms with Crippen LogP contribution in [0.1, 0.15) is 6.92 Å². The van der Waals surface area contributed by atoms with Gasteiger partial charge in [-0.25, -0.2) is 0 Å². The van der Waals surface area contributed by atoms with Crippen LogP contribution in [-0.2, 0) is 19.0 Å². The molecule has 0 aromatic rings. The highest BCUT2D eigenvalue weighted by Crippen LogP contribution is 2.27. The van der Waals surface area contributed by atoms with Crippen molar-refractivity contribution in [2.45, 2.75) is 25.4 Å². The molecule has 4 atom stereocenters. The summed E-state index contributed by atoms with van der Waals surface area (Å²) >= 11 is 0. The second kappa shape index (κ2) is 5.41. The van der Waals surface area contributed by atoms with E-state index in [2.05, 4.69) is 0 Å². The molecule has 0 aromatic carbocycles. The highest BCUT2D eigenvalue weighted by atomic mass is 16.7. The zero-order valence-corrected chi connectivity index (χ0v) is 8.75. The van der Waals surface area contributed by atoms with E-state index in [9.17, 15) is 9.90 Å². The topological polar surface area (TPSA) is 85.2 Å². The zero-order chi connectivity index (χ0) is 11.4. The quantitative estimate of drug-likeness (QED) is 0.584. The molecule has 0 bridgehead atoms. The van der Waals surface area contributed by atoms with E-state index < -0.39 is 30.4 Å². The molecule has 6 heteroatoms. The van der Waals surface area contributed by atoms with Crippen molar-refractivity contribution in [2.24, 2.45) is 5.92 Å². The minimum absolute atomic E-state index is 0.0194. The Labute approximate surface area is 87.7 Å². The summed E-state index contributed by atoms with van der Waals surface area (Å²) in [5.41, 5.74) is 0. The van der Waals surface area contributed by atoms with Gasteiger partial charge in [0.05, 0.1) is 18.6 Å². The maximum atomic E-state index is 10.6. The van der Waals surface area contributed by atoms with E-state index >= 15 is 0 Å². The zero-order valence-electron chi connectivity index (χ0n) is 8.75. The van der Waals surface area contributed by atoms with Crippen LogP contribution in [0, 0.1) is 5.92 Å². The molecule has 1 rings (SSSR count). The number of rotatable bonds is 4. The summed E-state index contributed by atoms with van der Waals surface area (Å²) < 4.78 is 15.0. The summed E-state index contributed by atoms with van der Waals surface area (Å²) in [4.78, 5) is 10.6. The molecule has 0 spiro atoms. The van der Waals surface area contributed by atoms with E-state index in [1.807, 2.05) is 0 Å². The van der Waals surface area contributed by atoms with Crippen LogP contribution >= 0.6 is 0 Å². The SMILES string of the molecule is CO[C@H]1O[C@H](CO)[C@@H](O)[C@H]1COC(C)=O. The van der Waals surface area contributed by atoms with Gasteiger partial charge in [0, 0.05) is 14.0 Å². The van der Waals surface area contributed by atoms with Crippen molar-refractivity contribution < 1.29 is 29.2 Å². The van der Waals surface area contributed by atoms with Gasteiger partial charge in [0.1, 0.15) is 12.7 Å². The van der Waals surface area contributed by atoms with E-state index in [1.165, 1.54) is 14.0 Å². The smallest absolute Gasteiger partial charge is 0.302 e. The minimum atomic E-state index is -0.890. The van der Waals surface area contributed by atoms with Crippen molar-refractivity contribution in [1.29, 1.82) is 0 Å². The van der Waals surface area contributed by atoms with Gasteiger partial charge in [-0.1, -0.05) is 0 Å². The lowest BCUT2D eigenvalue weighted by molar-refractivity contribution is -0.156. The van der Waals surface area contributed by atoms with Crippen LogP contribution in [0.3, 0.4) is 0 Å². The van der Waals surface area contributed by atoms with Gasteiger partial charge in [-0.3, -0.25) is 4.79 Å². The summed E-state index contributed by atoms with van der Waals surface area (Å²) in [6.07, 6.45) is -2.23. The molecule has 1 heterocycles. The first-order valence-electron chi connectivity index (χ1n) is 4.70. The van der Waals surface area contributed by atoms with Crippen molar-refractivity contribution in [1.82, 2.24) is 0 Å². The first-order valence-corrected chi connectivity index (χ1v) is 4.70. The van der Waals surface area contributed by atoms with E-state index in [0.717, 1.165) is 0 Å². The van der Waals surface area contributed by atoms with E-state index in [0.29, 0.717) is 0 Å². The second-order valence-corrected chi connectivity index (χ2v) is 3.42. The van der Waals surface area contributed by atoms with Crippen LogP contribution in [0.4, 0.5) is 0 Å². The Bertz CT molecular complexity index is 217. The minimum Gasteiger partial charge on any atom is -0.465 e. The van der Waals surface area contributed by atoms with Gasteiger partial charge in [0.2, 0.25) is 0 Å². The highest BCUT2D eigenvalue weighted by Gasteiger charge is 2.44. The molecule has 0 aromatic heterocycles. The first kappa shape index (κ1) is 12.4. The van der Waals surface area contributed by atoms with Crippen LogP contribution in [0.25, 0.3) is 0 Å². The number of ether oxygens (including phenoxy) is 3. The number of hydrogen-bond donors (Lipinski definition) is 2. The van der Waals surface area contributed by atoms with E-state index in [1.54, 1.807) is 0 Å². The number of carbonyl (C=O) groups is 1. The Morgan fingerprint density at radius 3 is 2.67 bits per heavy atom. The van der Waals surface area contributed by atoms with Gasteiger partial charge in [0.15, 0.2) is 6.29 Å². The molecule has 1 aliphatic heterocycles. The number of esters is 1. The number of carbonyl (C=O) groups excluding carboxylic acids is 1. The largest absolute Gasteiger partial charge is 0.465 e. The van der Waals surface area contributed by atoms with Crippen LogP contribution in [0.15, 0.2) is 0 Å². The molecule has 0 aliphatic carbocycles. The summed E-state index contributed by atoms with van der Waals surface area (Å²) in [6.45, 7) is 1.01. The highest BCUT2D eigenvalue weighted by molar-refractivity contribution is 5.65. The Morgan fingerprint density at radius 1 is 1.53 bits per heavy atom. The number of hydrogen-bond acceptors (Lipinski definition) is 6. The standard InChI is InChI=1S/C9H16O6/c1-5(11)14-4-6-8(12)7(3-10)15-9(6)13-2/h6-10,12H,3-4H2,1-2H3/t6-,7-,8+,9+/m1/s1. The average Bonchev–Trinajstić information content (AvgIpc) is 2.51. The molecule has 1 saturated heterocycles. The molecular formula is C9H16O6. The Hall–Kier alpha value is -0.690. The van der Waals surface area contributed by atoms with Crippen LogP contribution in [0.5, 0.6) is 0 Å². The van der Waals surface area contributed by atoms with E-state index in [-0.39, 0.29) is 13.2 Å². The first-order chi connectivity index (χ1) is 7.10. The molecule has 6 nitrogen and oxygen atoms in total. The number of methoxy groups -OCH3 is 1. The molecular weight excluding hydrogens is 204 g/mol. The summed E-state index contributed by atoms with van der Waals surface area (Å²) in [5, 5.41) is 18.6. The molecule has 2 N–H and O–H groups in total. The molecule has 0 unspecified atom stereocenters. The van der Waals surface area contributed by atoms with Gasteiger partial charge in [-0.15, -0.1) is 0 Å². The molecule has 0 amide bonds. The van der Waals surface area contributed by atoms with Crippen molar-refractivity contribution in [3.05, 3.63) is 0 Å². The van der Waals surface area contributed by atoms with Gasteiger partial charge in [-0.2, -0.15) is 0 Å². The summed E-state index contributed by atoms with van der Waals surface area (Å²) in [7, 11) is 1.43. The molecule has 1 aliphatic rings. The average molecular weight is 220 g/mol. The maximum absolute atomic E-state index is 10.6. The fourth-order valence-electron chi connectivity index (χ4n) is 1.56. The molecule has 0 saturated carbocycles. The number of aliphatic hydroxyl groups is 2. The lowest BCUT2D eigenvalue weighted by atomic mass is 10.0. The fourth-order valence-corrected chi connectivity index (χ4v) is 1.56. The van der Waals surface area contributed by atoms with Gasteiger partial charge in [-0.05, 0) is 0 Å². The molecule has 1 fully saturated rings. The molecule has 15 heavy (non-hydrogen) atoms. The Morgan fingerprint density at radius 2 is 2.20 bits per heavy atom. The third-order valence-electron chi connectivity index (χ3n) is 2.37. The normalized spacial score (nSPS) is 35.5. The van der Waals surface area contributed by atoms with Crippen molar-refractivity contribution >= 4 is 5.97 Å². The van der Waals surface area contributed by atoms with Gasteiger partial charge < -0.3 is 24.4 Å². The third kappa shape index (κ3) is 2.88. The Kier molecular flexibility index (Phi) is 4.46. The number of aliphatic hydroxyl groups excluding tert-OH is 2. The van der Waals surface area contributed by atoms with Crippen LogP contribution < -0.4 is 0 Å². The predicted molar refractivity (Wildman–Crippen MR) is 48.9 cm³/mol. The Balaban J connectivity index is 2.55. The fraction of sp³-hybridized carbons (Fsp3) is 0.889. The van der Waals surface area contributed by atoms with Crippen molar-refractivity contribution in [2.75, 3.05) is 20.3 Å². The molecule has 88 valence electrons. The summed E-state index contributed by atoms with van der Waals surface area (Å²) in [6, 6.07) is 0. The van der Waals surface area contributed by atoms with Crippen LogP contribution in [-0.4, -0.2) is 55.0 Å². The monoisotopic (exact) mass is 220 g/mol. The summed E-state index contributed by atoms with van der Waals surface area (Å²) in [5.74, 6) is -0.888. The van der Waals surface area contributed by atoms with Crippen molar-refractivity contribution in [3.8, 4) is 0 Å². The van der Waals surface area contributed by atoms with Gasteiger partial charge >= 0.3 is 5.97 Å². The lowest BCUT2D eigenvalue weighted by Crippen LogP contribution is -2.33. The van der Waals surface area contributed by atoms with Crippen molar-refractivity contribution in [3.63, 3.8) is 0 Å². The lowest BCUT2D eigenvalue weighted by Gasteiger charge is -2.18. The third-order valence-corrected chi connectivity index (χ3v) is 2.37. The van der Waals surface area contributed by atoms with Crippen LogP contribution in [0.2, 0.25) is 0 Å². The van der Waals surface area contributed by atoms with Gasteiger partial charge in [0.25, 0.3) is 0 Å². The molecule has 0 radical (unpaired) electrons. The second-order valence-electron chi connectivity index (χ2n) is 3.42.